The number of rotatable bonds is 1. The van der Waals surface area contributed by atoms with Gasteiger partial charge in [-0.05, 0) is 43.2 Å². The molecule has 2 nitrogen and oxygen atoms in total. The molecule has 0 aliphatic carbocycles. The van der Waals surface area contributed by atoms with Gasteiger partial charge in [0, 0.05) is 17.5 Å². The van der Waals surface area contributed by atoms with Crippen molar-refractivity contribution in [2.24, 2.45) is 0 Å². The number of aryl methyl sites for hydroxylation is 2. The summed E-state index contributed by atoms with van der Waals surface area (Å²) in [5.41, 5.74) is 3.59. The fourth-order valence-electron chi connectivity index (χ4n) is 1.49. The summed E-state index contributed by atoms with van der Waals surface area (Å²) in [6.07, 6.45) is 1.70. The normalized spacial score (nSPS) is 10.4. The van der Waals surface area contributed by atoms with Gasteiger partial charge in [0.15, 0.2) is 11.6 Å². The molecular weight excluding hydrogens is 205 g/mol. The molecule has 2 aromatic rings. The Labute approximate surface area is 93.4 Å². The van der Waals surface area contributed by atoms with E-state index in [-0.39, 0.29) is 5.75 Å². The first-order valence-corrected chi connectivity index (χ1v) is 5.00. The third-order valence-corrected chi connectivity index (χ3v) is 2.62. The third kappa shape index (κ3) is 1.89. The van der Waals surface area contributed by atoms with Gasteiger partial charge in [0.1, 0.15) is 0 Å². The molecule has 1 N–H and O–H groups in total. The molecule has 0 saturated carbocycles. The van der Waals surface area contributed by atoms with Crippen LogP contribution in [0.4, 0.5) is 4.39 Å². The highest BCUT2D eigenvalue weighted by Crippen LogP contribution is 2.25. The summed E-state index contributed by atoms with van der Waals surface area (Å²) < 4.78 is 13.2. The molecule has 2 rings (SSSR count). The number of halogens is 1. The van der Waals surface area contributed by atoms with Crippen molar-refractivity contribution in [1.82, 2.24) is 4.98 Å². The van der Waals surface area contributed by atoms with Crippen molar-refractivity contribution >= 4 is 0 Å². The second-order valence-corrected chi connectivity index (χ2v) is 3.79. The quantitative estimate of drug-likeness (QED) is 0.795. The monoisotopic (exact) mass is 217 g/mol. The average molecular weight is 217 g/mol. The van der Waals surface area contributed by atoms with Crippen LogP contribution in [-0.4, -0.2) is 10.1 Å². The van der Waals surface area contributed by atoms with Crippen LogP contribution >= 0.6 is 0 Å². The van der Waals surface area contributed by atoms with Crippen molar-refractivity contribution in [2.45, 2.75) is 13.8 Å². The molecule has 16 heavy (non-hydrogen) atoms. The second-order valence-electron chi connectivity index (χ2n) is 3.79. The van der Waals surface area contributed by atoms with Gasteiger partial charge in [-0.2, -0.15) is 0 Å². The number of benzene rings is 1. The highest BCUT2D eigenvalue weighted by atomic mass is 19.1. The molecule has 1 heterocycles. The Kier molecular flexibility index (Phi) is 2.60. The highest BCUT2D eigenvalue weighted by Gasteiger charge is 2.05. The van der Waals surface area contributed by atoms with E-state index in [1.54, 1.807) is 12.3 Å². The SMILES string of the molecule is Cc1cc(-c2ccc(O)c(F)c2)cnc1C. The lowest BCUT2D eigenvalue weighted by molar-refractivity contribution is 0.432. The van der Waals surface area contributed by atoms with Crippen molar-refractivity contribution in [3.63, 3.8) is 0 Å². The molecule has 0 atom stereocenters. The number of hydrogen-bond acceptors (Lipinski definition) is 2. The molecule has 0 amide bonds. The Bertz CT molecular complexity index is 488. The van der Waals surface area contributed by atoms with Gasteiger partial charge in [0.05, 0.1) is 0 Å². The van der Waals surface area contributed by atoms with Crippen LogP contribution in [0.5, 0.6) is 5.75 Å². The van der Waals surface area contributed by atoms with E-state index in [9.17, 15) is 4.39 Å². The minimum atomic E-state index is -0.615. The van der Waals surface area contributed by atoms with Crippen LogP contribution in [-0.2, 0) is 0 Å². The van der Waals surface area contributed by atoms with Crippen LogP contribution in [0, 0.1) is 19.7 Å². The summed E-state index contributed by atoms with van der Waals surface area (Å²) in [6.45, 7) is 3.89. The Morgan fingerprint density at radius 1 is 1.12 bits per heavy atom. The fourth-order valence-corrected chi connectivity index (χ4v) is 1.49. The Balaban J connectivity index is 2.50. The first-order chi connectivity index (χ1) is 7.58. The van der Waals surface area contributed by atoms with Crippen molar-refractivity contribution in [3.8, 4) is 16.9 Å². The van der Waals surface area contributed by atoms with Gasteiger partial charge < -0.3 is 5.11 Å². The van der Waals surface area contributed by atoms with Gasteiger partial charge >= 0.3 is 0 Å². The van der Waals surface area contributed by atoms with Gasteiger partial charge in [-0.1, -0.05) is 6.07 Å². The van der Waals surface area contributed by atoms with E-state index in [1.807, 2.05) is 19.9 Å². The van der Waals surface area contributed by atoms with Gasteiger partial charge in [-0.3, -0.25) is 4.98 Å². The summed E-state index contributed by atoms with van der Waals surface area (Å²) in [7, 11) is 0. The zero-order chi connectivity index (χ0) is 11.7. The summed E-state index contributed by atoms with van der Waals surface area (Å²) in [4.78, 5) is 4.22. The van der Waals surface area contributed by atoms with Gasteiger partial charge in [0.2, 0.25) is 0 Å². The second kappa shape index (κ2) is 3.93. The minimum Gasteiger partial charge on any atom is -0.505 e. The first kappa shape index (κ1) is 10.6. The predicted molar refractivity (Wildman–Crippen MR) is 60.8 cm³/mol. The topological polar surface area (TPSA) is 33.1 Å². The van der Waals surface area contributed by atoms with Crippen LogP contribution in [0.25, 0.3) is 11.1 Å². The van der Waals surface area contributed by atoms with E-state index >= 15 is 0 Å². The highest BCUT2D eigenvalue weighted by molar-refractivity contribution is 5.64. The molecule has 0 saturated heterocycles. The molecule has 1 aromatic carbocycles. The lowest BCUT2D eigenvalue weighted by atomic mass is 10.0. The van der Waals surface area contributed by atoms with Crippen molar-refractivity contribution in [3.05, 3.63) is 47.5 Å². The summed E-state index contributed by atoms with van der Waals surface area (Å²) in [5, 5.41) is 9.10. The molecular formula is C13H12FNO. The first-order valence-electron chi connectivity index (χ1n) is 5.00. The maximum atomic E-state index is 13.2. The van der Waals surface area contributed by atoms with Crippen LogP contribution in [0.1, 0.15) is 11.3 Å². The molecule has 82 valence electrons. The molecule has 1 aromatic heterocycles. The maximum absolute atomic E-state index is 13.2. The number of pyridine rings is 1. The van der Waals surface area contributed by atoms with Crippen LogP contribution < -0.4 is 0 Å². The number of aromatic hydroxyl groups is 1. The Hall–Kier alpha value is -1.90. The lowest BCUT2D eigenvalue weighted by Crippen LogP contribution is -1.88. The Morgan fingerprint density at radius 3 is 2.50 bits per heavy atom. The third-order valence-electron chi connectivity index (χ3n) is 2.62. The van der Waals surface area contributed by atoms with E-state index in [1.165, 1.54) is 12.1 Å². The van der Waals surface area contributed by atoms with Gasteiger partial charge in [-0.15, -0.1) is 0 Å². The summed E-state index contributed by atoms with van der Waals surface area (Å²) >= 11 is 0. The number of phenolic OH excluding ortho intramolecular Hbond substituents is 1. The molecule has 0 aliphatic rings. The molecule has 0 radical (unpaired) electrons. The van der Waals surface area contributed by atoms with Crippen molar-refractivity contribution in [1.29, 1.82) is 0 Å². The van der Waals surface area contributed by atoms with Crippen molar-refractivity contribution in [2.75, 3.05) is 0 Å². The van der Waals surface area contributed by atoms with Gasteiger partial charge in [-0.25, -0.2) is 4.39 Å². The van der Waals surface area contributed by atoms with E-state index in [0.29, 0.717) is 5.56 Å². The molecule has 0 bridgehead atoms. The van der Waals surface area contributed by atoms with E-state index in [2.05, 4.69) is 4.98 Å². The van der Waals surface area contributed by atoms with E-state index in [4.69, 9.17) is 5.11 Å². The number of aromatic nitrogens is 1. The van der Waals surface area contributed by atoms with E-state index < -0.39 is 5.82 Å². The van der Waals surface area contributed by atoms with Crippen molar-refractivity contribution < 1.29 is 9.50 Å². The molecule has 0 aliphatic heterocycles. The average Bonchev–Trinajstić information content (AvgIpc) is 2.26. The lowest BCUT2D eigenvalue weighted by Gasteiger charge is -2.05. The van der Waals surface area contributed by atoms with Gasteiger partial charge in [0.25, 0.3) is 0 Å². The standard InChI is InChI=1S/C13H12FNO/c1-8-5-11(7-15-9(8)2)10-3-4-13(16)12(14)6-10/h3-7,16H,1-2H3. The Morgan fingerprint density at radius 2 is 1.88 bits per heavy atom. The molecule has 0 fully saturated rings. The summed E-state index contributed by atoms with van der Waals surface area (Å²) in [6, 6.07) is 6.28. The molecule has 0 spiro atoms. The predicted octanol–water partition coefficient (Wildman–Crippen LogP) is 3.21. The zero-order valence-electron chi connectivity index (χ0n) is 9.16. The summed E-state index contributed by atoms with van der Waals surface area (Å²) in [5.74, 6) is -0.948. The maximum Gasteiger partial charge on any atom is 0.165 e. The van der Waals surface area contributed by atoms with Crippen LogP contribution in [0.3, 0.4) is 0 Å². The number of hydrogen-bond donors (Lipinski definition) is 1. The molecule has 0 unspecified atom stereocenters. The fraction of sp³-hybridized carbons (Fsp3) is 0.154. The van der Waals surface area contributed by atoms with E-state index in [0.717, 1.165) is 16.8 Å². The largest absolute Gasteiger partial charge is 0.505 e. The van der Waals surface area contributed by atoms with Crippen LogP contribution in [0.2, 0.25) is 0 Å². The number of phenols is 1. The number of nitrogens with zero attached hydrogens (tertiary/aromatic N) is 1. The zero-order valence-corrected chi connectivity index (χ0v) is 9.16. The van der Waals surface area contributed by atoms with Crippen LogP contribution in [0.15, 0.2) is 30.5 Å². The molecule has 3 heteroatoms. The minimum absolute atomic E-state index is 0.333. The smallest absolute Gasteiger partial charge is 0.165 e.